The van der Waals surface area contributed by atoms with Gasteiger partial charge in [-0.05, 0) is 59.8 Å². The van der Waals surface area contributed by atoms with Gasteiger partial charge in [-0.1, -0.05) is 70.0 Å². The van der Waals surface area contributed by atoms with Crippen molar-refractivity contribution in [3.63, 3.8) is 0 Å². The number of fused-ring (bicyclic) bond motifs is 3. The highest BCUT2D eigenvalue weighted by atomic mass is 79.9. The number of hydrogen-bond acceptors (Lipinski definition) is 0. The van der Waals surface area contributed by atoms with E-state index in [0.29, 0.717) is 4.83 Å². The quantitative estimate of drug-likeness (QED) is 0.622. The maximum Gasteiger partial charge on any atom is 0.0438 e. The first-order valence-electron chi connectivity index (χ1n) is 7.71. The van der Waals surface area contributed by atoms with Gasteiger partial charge in [0.25, 0.3) is 0 Å². The predicted octanol–water partition coefficient (Wildman–Crippen LogP) is 5.62. The molecule has 2 aromatic rings. The zero-order valence-corrected chi connectivity index (χ0v) is 14.1. The zero-order chi connectivity index (χ0) is 14.4. The Morgan fingerprint density at radius 2 is 1.86 bits per heavy atom. The molecule has 0 N–H and O–H groups in total. The van der Waals surface area contributed by atoms with Gasteiger partial charge in [-0.15, -0.1) is 0 Å². The Morgan fingerprint density at radius 1 is 1.10 bits per heavy atom. The molecule has 2 heteroatoms. The fourth-order valence-electron chi connectivity index (χ4n) is 4.12. The molecule has 2 aliphatic rings. The summed E-state index contributed by atoms with van der Waals surface area (Å²) < 4.78 is 0. The van der Waals surface area contributed by atoms with Gasteiger partial charge in [0.1, 0.15) is 0 Å². The fraction of sp³-hybridized carbons (Fsp3) is 0.368. The van der Waals surface area contributed by atoms with Crippen LogP contribution >= 0.6 is 27.5 Å². The van der Waals surface area contributed by atoms with Crippen molar-refractivity contribution in [1.29, 1.82) is 0 Å². The molecule has 0 spiro atoms. The van der Waals surface area contributed by atoms with E-state index in [4.69, 9.17) is 11.6 Å². The average molecular weight is 362 g/mol. The van der Waals surface area contributed by atoms with Crippen molar-refractivity contribution in [3.8, 4) is 0 Å². The van der Waals surface area contributed by atoms with Crippen LogP contribution in [0.1, 0.15) is 29.0 Å². The van der Waals surface area contributed by atoms with Crippen molar-refractivity contribution in [1.82, 2.24) is 0 Å². The molecule has 0 aliphatic heterocycles. The van der Waals surface area contributed by atoms with Crippen molar-refractivity contribution in [3.05, 3.63) is 70.2 Å². The Bertz CT molecular complexity index is 666. The van der Waals surface area contributed by atoms with E-state index in [0.717, 1.165) is 29.2 Å². The standard InChI is InChI=1S/C19H18BrCl/c20-16(11-13-6-2-4-8-17(13)21)19-15-10-9-12-5-1-3-7-14(12)18(15)19/h1-8,15-16,18-19H,9-11H2. The Balaban J connectivity index is 1.53. The largest absolute Gasteiger partial charge is 0.0884 e. The summed E-state index contributed by atoms with van der Waals surface area (Å²) in [4.78, 5) is 0.526. The maximum absolute atomic E-state index is 6.31. The van der Waals surface area contributed by atoms with Crippen LogP contribution in [0.5, 0.6) is 0 Å². The number of halogens is 2. The first kappa shape index (κ1) is 13.8. The Kier molecular flexibility index (Phi) is 3.59. The monoisotopic (exact) mass is 360 g/mol. The summed E-state index contributed by atoms with van der Waals surface area (Å²) in [7, 11) is 0. The van der Waals surface area contributed by atoms with Gasteiger partial charge in [0, 0.05) is 9.85 Å². The molecule has 2 aliphatic carbocycles. The van der Waals surface area contributed by atoms with Gasteiger partial charge in [-0.25, -0.2) is 0 Å². The maximum atomic E-state index is 6.31. The molecule has 0 nitrogen and oxygen atoms in total. The summed E-state index contributed by atoms with van der Waals surface area (Å²) in [6.07, 6.45) is 3.62. The number of alkyl halides is 1. The lowest BCUT2D eigenvalue weighted by Gasteiger charge is -2.13. The van der Waals surface area contributed by atoms with E-state index in [1.165, 1.54) is 18.4 Å². The number of aryl methyl sites for hydroxylation is 1. The Labute approximate surface area is 139 Å². The van der Waals surface area contributed by atoms with Crippen LogP contribution in [0.15, 0.2) is 48.5 Å². The average Bonchev–Trinajstić information content (AvgIpc) is 3.24. The van der Waals surface area contributed by atoms with Crippen molar-refractivity contribution < 1.29 is 0 Å². The molecule has 21 heavy (non-hydrogen) atoms. The van der Waals surface area contributed by atoms with Gasteiger partial charge in [0.2, 0.25) is 0 Å². The van der Waals surface area contributed by atoms with Crippen molar-refractivity contribution in [2.75, 3.05) is 0 Å². The van der Waals surface area contributed by atoms with Gasteiger partial charge in [-0.3, -0.25) is 0 Å². The highest BCUT2D eigenvalue weighted by molar-refractivity contribution is 9.09. The molecular weight excluding hydrogens is 344 g/mol. The highest BCUT2D eigenvalue weighted by Gasteiger charge is 2.55. The first-order valence-corrected chi connectivity index (χ1v) is 9.00. The summed E-state index contributed by atoms with van der Waals surface area (Å²) in [6.45, 7) is 0. The highest BCUT2D eigenvalue weighted by Crippen LogP contribution is 2.62. The van der Waals surface area contributed by atoms with Gasteiger partial charge < -0.3 is 0 Å². The minimum absolute atomic E-state index is 0.526. The molecule has 0 saturated heterocycles. The molecule has 108 valence electrons. The summed E-state index contributed by atoms with van der Waals surface area (Å²) in [6, 6.07) is 17.2. The minimum atomic E-state index is 0.526. The first-order chi connectivity index (χ1) is 10.3. The van der Waals surface area contributed by atoms with E-state index < -0.39 is 0 Å². The van der Waals surface area contributed by atoms with Gasteiger partial charge >= 0.3 is 0 Å². The smallest absolute Gasteiger partial charge is 0.0438 e. The van der Waals surface area contributed by atoms with Crippen LogP contribution in [0.3, 0.4) is 0 Å². The predicted molar refractivity (Wildman–Crippen MR) is 92.4 cm³/mol. The normalized spacial score (nSPS) is 27.6. The van der Waals surface area contributed by atoms with Gasteiger partial charge in [0.05, 0.1) is 0 Å². The lowest BCUT2D eigenvalue weighted by molar-refractivity contribution is 0.617. The lowest BCUT2D eigenvalue weighted by atomic mass is 9.92. The number of benzene rings is 2. The van der Waals surface area contributed by atoms with Crippen LogP contribution in [0, 0.1) is 11.8 Å². The van der Waals surface area contributed by atoms with Crippen molar-refractivity contribution in [2.45, 2.75) is 30.0 Å². The van der Waals surface area contributed by atoms with Crippen LogP contribution in [0.25, 0.3) is 0 Å². The molecule has 2 aromatic carbocycles. The third kappa shape index (κ3) is 2.45. The van der Waals surface area contributed by atoms with E-state index in [2.05, 4.69) is 52.3 Å². The summed E-state index contributed by atoms with van der Waals surface area (Å²) in [5.74, 6) is 2.40. The topological polar surface area (TPSA) is 0 Å². The number of rotatable bonds is 3. The van der Waals surface area contributed by atoms with Crippen LogP contribution < -0.4 is 0 Å². The second-order valence-corrected chi connectivity index (χ2v) is 7.90. The molecule has 0 aromatic heterocycles. The Morgan fingerprint density at radius 3 is 2.71 bits per heavy atom. The second-order valence-electron chi connectivity index (χ2n) is 6.32. The lowest BCUT2D eigenvalue weighted by Crippen LogP contribution is -2.08. The summed E-state index contributed by atoms with van der Waals surface area (Å²) >= 11 is 10.3. The van der Waals surface area contributed by atoms with Crippen LogP contribution in [0.2, 0.25) is 5.02 Å². The van der Waals surface area contributed by atoms with Gasteiger partial charge in [-0.2, -0.15) is 0 Å². The SMILES string of the molecule is Clc1ccccc1CC(Br)C1C2CCc3ccccc3C21. The van der Waals surface area contributed by atoms with E-state index >= 15 is 0 Å². The molecule has 1 fully saturated rings. The summed E-state index contributed by atoms with van der Waals surface area (Å²) in [5, 5.41) is 0.894. The van der Waals surface area contributed by atoms with E-state index in [1.54, 1.807) is 11.1 Å². The molecule has 4 unspecified atom stereocenters. The molecule has 4 atom stereocenters. The van der Waals surface area contributed by atoms with E-state index in [9.17, 15) is 0 Å². The number of hydrogen-bond donors (Lipinski definition) is 0. The molecule has 0 radical (unpaired) electrons. The molecule has 0 bridgehead atoms. The second kappa shape index (κ2) is 5.44. The molecule has 1 saturated carbocycles. The van der Waals surface area contributed by atoms with E-state index in [-0.39, 0.29) is 0 Å². The van der Waals surface area contributed by atoms with Crippen LogP contribution in [0.4, 0.5) is 0 Å². The van der Waals surface area contributed by atoms with Gasteiger partial charge in [0.15, 0.2) is 0 Å². The summed E-state index contributed by atoms with van der Waals surface area (Å²) in [5.41, 5.74) is 4.43. The van der Waals surface area contributed by atoms with E-state index in [1.807, 2.05) is 12.1 Å². The Hall–Kier alpha value is -0.790. The fourth-order valence-corrected chi connectivity index (χ4v) is 5.41. The van der Waals surface area contributed by atoms with Crippen molar-refractivity contribution in [2.24, 2.45) is 11.8 Å². The third-order valence-corrected chi connectivity index (χ3v) is 6.48. The molecule has 0 heterocycles. The van der Waals surface area contributed by atoms with Crippen LogP contribution in [-0.4, -0.2) is 4.83 Å². The molecule has 0 amide bonds. The molecule has 4 rings (SSSR count). The molecular formula is C19H18BrCl. The van der Waals surface area contributed by atoms with Crippen molar-refractivity contribution >= 4 is 27.5 Å². The zero-order valence-electron chi connectivity index (χ0n) is 11.8. The minimum Gasteiger partial charge on any atom is -0.0884 e. The third-order valence-electron chi connectivity index (χ3n) is 5.18. The van der Waals surface area contributed by atoms with Crippen LogP contribution in [-0.2, 0) is 12.8 Å².